The van der Waals surface area contributed by atoms with Gasteiger partial charge in [0.15, 0.2) is 0 Å². The van der Waals surface area contributed by atoms with E-state index in [0.29, 0.717) is 0 Å². The van der Waals surface area contributed by atoms with Crippen LogP contribution in [0.2, 0.25) is 0 Å². The van der Waals surface area contributed by atoms with Gasteiger partial charge in [0.25, 0.3) is 0 Å². The molecule has 0 radical (unpaired) electrons. The topological polar surface area (TPSA) is 29.1 Å². The van der Waals surface area contributed by atoms with Crippen molar-refractivity contribution in [2.24, 2.45) is 5.92 Å². The van der Waals surface area contributed by atoms with Crippen LogP contribution in [0.4, 0.5) is 0 Å². The number of carbonyl (C=O) groups is 1. The second kappa shape index (κ2) is 4.16. The summed E-state index contributed by atoms with van der Waals surface area (Å²) in [5, 5.41) is 2.89. The first-order valence-electron chi connectivity index (χ1n) is 4.25. The summed E-state index contributed by atoms with van der Waals surface area (Å²) in [4.78, 5) is 11.2. The highest BCUT2D eigenvalue weighted by Crippen LogP contribution is 2.13. The molecule has 1 amide bonds. The maximum Gasteiger partial charge on any atom is 0.226 e. The number of hydrogen-bond donors (Lipinski definition) is 1. The van der Waals surface area contributed by atoms with Crippen molar-refractivity contribution in [3.8, 4) is 0 Å². The molecule has 0 aromatic rings. The van der Waals surface area contributed by atoms with E-state index in [-0.39, 0.29) is 11.8 Å². The minimum absolute atomic E-state index is 0.127. The largest absolute Gasteiger partial charge is 0.356 e. The zero-order valence-electron chi connectivity index (χ0n) is 6.97. The number of carbonyl (C=O) groups excluding carboxylic acids is 1. The van der Waals surface area contributed by atoms with Crippen molar-refractivity contribution < 1.29 is 4.79 Å². The van der Waals surface area contributed by atoms with Crippen LogP contribution in [0.3, 0.4) is 0 Å². The van der Waals surface area contributed by atoms with Crippen LogP contribution < -0.4 is 5.32 Å². The van der Waals surface area contributed by atoms with Gasteiger partial charge in [-0.1, -0.05) is 18.6 Å². The summed E-state index contributed by atoms with van der Waals surface area (Å²) >= 11 is 0. The van der Waals surface area contributed by atoms with Crippen LogP contribution >= 0.6 is 0 Å². The number of allylic oxidation sites excluding steroid dienone is 1. The summed E-state index contributed by atoms with van der Waals surface area (Å²) < 4.78 is 0. The van der Waals surface area contributed by atoms with Crippen molar-refractivity contribution in [2.75, 3.05) is 6.54 Å². The predicted molar refractivity (Wildman–Crippen MR) is 45.2 cm³/mol. The van der Waals surface area contributed by atoms with Crippen molar-refractivity contribution in [1.82, 2.24) is 5.32 Å². The van der Waals surface area contributed by atoms with Crippen LogP contribution in [-0.4, -0.2) is 12.5 Å². The smallest absolute Gasteiger partial charge is 0.226 e. The van der Waals surface area contributed by atoms with Crippen LogP contribution in [-0.2, 0) is 4.79 Å². The molecular formula is C9H15NO. The van der Waals surface area contributed by atoms with E-state index in [2.05, 4.69) is 5.32 Å². The molecule has 2 heteroatoms. The summed E-state index contributed by atoms with van der Waals surface area (Å²) in [5.74, 6) is 0.322. The maximum absolute atomic E-state index is 11.2. The lowest BCUT2D eigenvalue weighted by molar-refractivity contribution is -0.123. The Morgan fingerprint density at radius 2 is 2.36 bits per heavy atom. The van der Waals surface area contributed by atoms with Crippen LogP contribution in [0.1, 0.15) is 26.2 Å². The van der Waals surface area contributed by atoms with E-state index in [4.69, 9.17) is 0 Å². The quantitative estimate of drug-likeness (QED) is 0.568. The fourth-order valence-electron chi connectivity index (χ4n) is 1.38. The van der Waals surface area contributed by atoms with E-state index in [9.17, 15) is 4.79 Å². The molecular weight excluding hydrogens is 138 g/mol. The van der Waals surface area contributed by atoms with Gasteiger partial charge in [-0.2, -0.15) is 0 Å². The first-order valence-corrected chi connectivity index (χ1v) is 4.25. The van der Waals surface area contributed by atoms with Crippen LogP contribution in [0.15, 0.2) is 12.2 Å². The second-order valence-corrected chi connectivity index (χ2v) is 2.92. The second-order valence-electron chi connectivity index (χ2n) is 2.92. The highest BCUT2D eigenvalue weighted by Gasteiger charge is 2.16. The lowest BCUT2D eigenvalue weighted by atomic mass is 10.0. The molecule has 1 unspecified atom stereocenters. The van der Waals surface area contributed by atoms with E-state index in [1.165, 1.54) is 0 Å². The van der Waals surface area contributed by atoms with Crippen molar-refractivity contribution >= 4 is 5.91 Å². The molecule has 1 atom stereocenters. The third-order valence-corrected chi connectivity index (χ3v) is 2.00. The molecule has 0 saturated carbocycles. The van der Waals surface area contributed by atoms with Gasteiger partial charge in [-0.3, -0.25) is 4.79 Å². The molecule has 0 bridgehead atoms. The fraction of sp³-hybridized carbons (Fsp3) is 0.667. The lowest BCUT2D eigenvalue weighted by Crippen LogP contribution is -2.27. The first kappa shape index (κ1) is 8.31. The van der Waals surface area contributed by atoms with E-state index in [0.717, 1.165) is 25.8 Å². The average Bonchev–Trinajstić information content (AvgIpc) is 2.18. The molecule has 1 saturated heterocycles. The predicted octanol–water partition coefficient (Wildman–Crippen LogP) is 1.48. The van der Waals surface area contributed by atoms with Crippen molar-refractivity contribution in [3.63, 3.8) is 0 Å². The molecule has 62 valence electrons. The van der Waals surface area contributed by atoms with E-state index in [1.807, 2.05) is 19.1 Å². The molecule has 0 aromatic carbocycles. The van der Waals surface area contributed by atoms with Gasteiger partial charge in [-0.25, -0.2) is 0 Å². The first-order chi connectivity index (χ1) is 5.34. The van der Waals surface area contributed by atoms with Crippen molar-refractivity contribution in [2.45, 2.75) is 26.2 Å². The van der Waals surface area contributed by atoms with E-state index < -0.39 is 0 Å². The maximum atomic E-state index is 11.2. The SMILES string of the molecule is CC=CC1CCCCNC1=O. The summed E-state index contributed by atoms with van der Waals surface area (Å²) in [6.45, 7) is 2.81. The van der Waals surface area contributed by atoms with E-state index in [1.54, 1.807) is 0 Å². The molecule has 11 heavy (non-hydrogen) atoms. The minimum Gasteiger partial charge on any atom is -0.356 e. The molecule has 1 aliphatic heterocycles. The summed E-state index contributed by atoms with van der Waals surface area (Å²) in [6.07, 6.45) is 7.24. The molecule has 0 aromatic heterocycles. The Hall–Kier alpha value is -0.790. The summed E-state index contributed by atoms with van der Waals surface area (Å²) in [7, 11) is 0. The van der Waals surface area contributed by atoms with Gasteiger partial charge < -0.3 is 5.32 Å². The fourth-order valence-corrected chi connectivity index (χ4v) is 1.38. The van der Waals surface area contributed by atoms with Crippen LogP contribution in [0.5, 0.6) is 0 Å². The molecule has 0 spiro atoms. The third-order valence-electron chi connectivity index (χ3n) is 2.00. The molecule has 1 aliphatic rings. The van der Waals surface area contributed by atoms with Gasteiger partial charge in [0.2, 0.25) is 5.91 Å². The molecule has 2 nitrogen and oxygen atoms in total. The number of hydrogen-bond acceptors (Lipinski definition) is 1. The molecule has 1 N–H and O–H groups in total. The Morgan fingerprint density at radius 3 is 3.09 bits per heavy atom. The van der Waals surface area contributed by atoms with Crippen LogP contribution in [0.25, 0.3) is 0 Å². The lowest BCUT2D eigenvalue weighted by Gasteiger charge is -2.06. The van der Waals surface area contributed by atoms with Crippen molar-refractivity contribution in [1.29, 1.82) is 0 Å². The van der Waals surface area contributed by atoms with E-state index >= 15 is 0 Å². The van der Waals surface area contributed by atoms with Gasteiger partial charge in [0, 0.05) is 6.54 Å². The number of rotatable bonds is 1. The standard InChI is InChI=1S/C9H15NO/c1-2-5-8-6-3-4-7-10-9(8)11/h2,5,8H,3-4,6-7H2,1H3,(H,10,11). The summed E-state index contributed by atoms with van der Waals surface area (Å²) in [5.41, 5.74) is 0. The van der Waals surface area contributed by atoms with Gasteiger partial charge in [-0.05, 0) is 19.8 Å². The summed E-state index contributed by atoms with van der Waals surface area (Å²) in [6, 6.07) is 0. The normalized spacial score (nSPS) is 26.6. The van der Waals surface area contributed by atoms with Gasteiger partial charge in [-0.15, -0.1) is 0 Å². The van der Waals surface area contributed by atoms with Crippen LogP contribution in [0, 0.1) is 5.92 Å². The Bertz CT molecular complexity index is 163. The third kappa shape index (κ3) is 2.37. The zero-order valence-corrected chi connectivity index (χ0v) is 6.97. The molecule has 1 heterocycles. The average molecular weight is 153 g/mol. The Labute approximate surface area is 67.7 Å². The monoisotopic (exact) mass is 153 g/mol. The number of nitrogens with one attached hydrogen (secondary N) is 1. The zero-order chi connectivity index (χ0) is 8.10. The highest BCUT2D eigenvalue weighted by molar-refractivity contribution is 5.80. The Balaban J connectivity index is 2.52. The highest BCUT2D eigenvalue weighted by atomic mass is 16.1. The number of amides is 1. The molecule has 1 rings (SSSR count). The van der Waals surface area contributed by atoms with Crippen molar-refractivity contribution in [3.05, 3.63) is 12.2 Å². The molecule has 1 fully saturated rings. The van der Waals surface area contributed by atoms with Gasteiger partial charge in [0.1, 0.15) is 0 Å². The Morgan fingerprint density at radius 1 is 1.55 bits per heavy atom. The van der Waals surface area contributed by atoms with Gasteiger partial charge >= 0.3 is 0 Å². The Kier molecular flexibility index (Phi) is 3.14. The van der Waals surface area contributed by atoms with Gasteiger partial charge in [0.05, 0.1) is 5.92 Å². The molecule has 0 aliphatic carbocycles. The minimum atomic E-state index is 0.127.